The van der Waals surface area contributed by atoms with Crippen molar-refractivity contribution in [3.05, 3.63) is 11.6 Å². The molecule has 0 aliphatic carbocycles. The van der Waals surface area contributed by atoms with E-state index in [1.165, 1.54) is 11.8 Å². The number of rotatable bonds is 2. The highest BCUT2D eigenvalue weighted by Crippen LogP contribution is 2.27. The Bertz CT molecular complexity index is 275. The molecule has 0 bridgehead atoms. The van der Waals surface area contributed by atoms with Crippen molar-refractivity contribution in [3.63, 3.8) is 0 Å². The third-order valence-corrected chi connectivity index (χ3v) is 3.53. The van der Waals surface area contributed by atoms with Crippen LogP contribution in [0, 0.1) is 0 Å². The van der Waals surface area contributed by atoms with Crippen LogP contribution in [-0.4, -0.2) is 68.5 Å². The van der Waals surface area contributed by atoms with E-state index in [1.54, 1.807) is 11.1 Å². The van der Waals surface area contributed by atoms with Gasteiger partial charge in [-0.1, -0.05) is 0 Å². The summed E-state index contributed by atoms with van der Waals surface area (Å²) in [6, 6.07) is 0. The van der Waals surface area contributed by atoms with Gasteiger partial charge in [-0.3, -0.25) is 0 Å². The lowest BCUT2D eigenvalue weighted by molar-refractivity contribution is -0.256. The second kappa shape index (κ2) is 4.91. The van der Waals surface area contributed by atoms with Crippen molar-refractivity contribution in [1.29, 1.82) is 0 Å². The summed E-state index contributed by atoms with van der Waals surface area (Å²) in [7, 11) is 0. The Morgan fingerprint density at radius 2 is 2.00 bits per heavy atom. The first-order valence-electron chi connectivity index (χ1n) is 4.99. The summed E-state index contributed by atoms with van der Waals surface area (Å²) < 4.78 is 5.37. The van der Waals surface area contributed by atoms with Crippen LogP contribution in [0.5, 0.6) is 0 Å². The summed E-state index contributed by atoms with van der Waals surface area (Å²) in [4.78, 5) is 1.72. The first kappa shape index (κ1) is 12.2. The Labute approximate surface area is 97.1 Å². The molecule has 0 spiro atoms. The molecule has 1 fully saturated rings. The van der Waals surface area contributed by atoms with Gasteiger partial charge in [0.1, 0.15) is 24.4 Å². The smallest absolute Gasteiger partial charge is 0.159 e. The highest BCUT2D eigenvalue weighted by molar-refractivity contribution is 8.02. The van der Waals surface area contributed by atoms with E-state index < -0.39 is 37.3 Å². The average molecular weight is 249 g/mol. The van der Waals surface area contributed by atoms with Crippen LogP contribution in [0.25, 0.3) is 0 Å². The maximum absolute atomic E-state index is 9.78. The molecule has 0 aromatic carbocycles. The number of aliphatic hydroxyl groups excluding tert-OH is 4. The number of hydrogen-bond acceptors (Lipinski definition) is 7. The van der Waals surface area contributed by atoms with Gasteiger partial charge < -0.3 is 30.1 Å². The zero-order valence-electron chi connectivity index (χ0n) is 8.51. The minimum absolute atomic E-state index is 0.397. The molecule has 6 nitrogen and oxygen atoms in total. The van der Waals surface area contributed by atoms with Gasteiger partial charge in [-0.05, 0) is 5.41 Å². The molecule has 0 aromatic rings. The van der Waals surface area contributed by atoms with Gasteiger partial charge in [-0.25, -0.2) is 0 Å². The summed E-state index contributed by atoms with van der Waals surface area (Å²) in [5.41, 5.74) is 0. The second-order valence-corrected chi connectivity index (χ2v) is 4.68. The van der Waals surface area contributed by atoms with Crippen LogP contribution < -0.4 is 0 Å². The highest BCUT2D eigenvalue weighted by Gasteiger charge is 2.45. The van der Waals surface area contributed by atoms with Crippen LogP contribution in [-0.2, 0) is 4.74 Å². The molecule has 92 valence electrons. The third-order valence-electron chi connectivity index (χ3n) is 2.77. The van der Waals surface area contributed by atoms with Crippen molar-refractivity contribution in [1.82, 2.24) is 4.90 Å². The van der Waals surface area contributed by atoms with E-state index in [1.807, 2.05) is 5.41 Å². The van der Waals surface area contributed by atoms with Crippen LogP contribution in [0.2, 0.25) is 0 Å². The fourth-order valence-electron chi connectivity index (χ4n) is 1.81. The lowest BCUT2D eigenvalue weighted by atomic mass is 9.98. The Hall–Kier alpha value is -0.310. The molecule has 2 rings (SSSR count). The first-order valence-corrected chi connectivity index (χ1v) is 6.04. The minimum Gasteiger partial charge on any atom is -0.394 e. The van der Waals surface area contributed by atoms with Gasteiger partial charge >= 0.3 is 0 Å². The Morgan fingerprint density at radius 3 is 2.56 bits per heavy atom. The molecule has 4 N–H and O–H groups in total. The number of ether oxygens (including phenoxy) is 1. The monoisotopic (exact) mass is 249 g/mol. The molecule has 2 aliphatic rings. The van der Waals surface area contributed by atoms with Crippen molar-refractivity contribution in [2.24, 2.45) is 0 Å². The summed E-state index contributed by atoms with van der Waals surface area (Å²) in [5.74, 6) is 0.614. The molecular formula is C9H15NO5S. The first-order chi connectivity index (χ1) is 7.65. The topological polar surface area (TPSA) is 93.4 Å². The molecule has 0 aromatic heterocycles. The molecule has 5 atom stereocenters. The third kappa shape index (κ3) is 2.06. The van der Waals surface area contributed by atoms with E-state index in [4.69, 9.17) is 9.84 Å². The Kier molecular flexibility index (Phi) is 3.73. The minimum atomic E-state index is -1.31. The van der Waals surface area contributed by atoms with Gasteiger partial charge in [0.2, 0.25) is 0 Å². The quantitative estimate of drug-likeness (QED) is 0.462. The summed E-state index contributed by atoms with van der Waals surface area (Å²) in [6.45, 7) is -0.397. The van der Waals surface area contributed by atoms with E-state index in [2.05, 4.69) is 0 Å². The normalized spacial score (nSPS) is 44.0. The zero-order valence-corrected chi connectivity index (χ0v) is 9.32. The molecule has 1 unspecified atom stereocenters. The largest absolute Gasteiger partial charge is 0.394 e. The zero-order chi connectivity index (χ0) is 11.7. The lowest BCUT2D eigenvalue weighted by Gasteiger charge is -2.43. The standard InChI is InChI=1S/C9H15NO5S/c11-3-5-6(12)7(13)8(14)9(15-5)10-1-2-16-4-10/h1-2,5-9,11-14H,3-4H2/t5-,6-,7+,8-,9?/m1/s1. The van der Waals surface area contributed by atoms with Crippen LogP contribution in [0.1, 0.15) is 0 Å². The van der Waals surface area contributed by atoms with E-state index in [0.29, 0.717) is 5.88 Å². The molecule has 2 aliphatic heterocycles. The van der Waals surface area contributed by atoms with E-state index >= 15 is 0 Å². The average Bonchev–Trinajstić information content (AvgIpc) is 2.80. The molecular weight excluding hydrogens is 234 g/mol. The molecule has 1 saturated heterocycles. The van der Waals surface area contributed by atoms with Crippen molar-refractivity contribution < 1.29 is 25.2 Å². The Morgan fingerprint density at radius 1 is 1.25 bits per heavy atom. The van der Waals surface area contributed by atoms with Crippen molar-refractivity contribution in [3.8, 4) is 0 Å². The van der Waals surface area contributed by atoms with Crippen LogP contribution in [0.4, 0.5) is 0 Å². The van der Waals surface area contributed by atoms with Gasteiger partial charge in [-0.2, -0.15) is 0 Å². The highest BCUT2D eigenvalue weighted by atomic mass is 32.2. The van der Waals surface area contributed by atoms with Crippen molar-refractivity contribution in [2.75, 3.05) is 12.5 Å². The van der Waals surface area contributed by atoms with E-state index in [-0.39, 0.29) is 0 Å². The van der Waals surface area contributed by atoms with Gasteiger partial charge in [0, 0.05) is 6.20 Å². The van der Waals surface area contributed by atoms with Gasteiger partial charge in [0.15, 0.2) is 6.23 Å². The number of thioether (sulfide) groups is 1. The maximum atomic E-state index is 9.78. The summed E-state index contributed by atoms with van der Waals surface area (Å²) in [6.07, 6.45) is -3.63. The van der Waals surface area contributed by atoms with Crippen molar-refractivity contribution >= 4 is 11.8 Å². The predicted molar refractivity (Wildman–Crippen MR) is 57.2 cm³/mol. The molecule has 16 heavy (non-hydrogen) atoms. The van der Waals surface area contributed by atoms with E-state index in [9.17, 15) is 15.3 Å². The predicted octanol–water partition coefficient (Wildman–Crippen LogP) is -1.74. The number of aliphatic hydroxyl groups is 4. The fraction of sp³-hybridized carbons (Fsp3) is 0.778. The maximum Gasteiger partial charge on any atom is 0.159 e. The van der Waals surface area contributed by atoms with Crippen molar-refractivity contribution in [2.45, 2.75) is 30.6 Å². The SMILES string of the molecule is OC[C@H]1OC(N2C=CSC2)[C@H](O)[C@@H](O)[C@@H]1O. The fourth-order valence-corrected chi connectivity index (χ4v) is 2.54. The molecule has 0 amide bonds. The molecule has 0 radical (unpaired) electrons. The van der Waals surface area contributed by atoms with E-state index in [0.717, 1.165) is 0 Å². The number of nitrogens with zero attached hydrogens (tertiary/aromatic N) is 1. The molecule has 0 saturated carbocycles. The lowest BCUT2D eigenvalue weighted by Crippen LogP contribution is -2.62. The van der Waals surface area contributed by atoms with Crippen LogP contribution in [0.15, 0.2) is 11.6 Å². The van der Waals surface area contributed by atoms with Gasteiger partial charge in [0.05, 0.1) is 12.5 Å². The van der Waals surface area contributed by atoms with Crippen LogP contribution in [0.3, 0.4) is 0 Å². The second-order valence-electron chi connectivity index (χ2n) is 3.81. The number of hydrogen-bond donors (Lipinski definition) is 4. The molecule has 2 heterocycles. The Balaban J connectivity index is 2.09. The summed E-state index contributed by atoms with van der Waals surface area (Å²) in [5, 5.41) is 39.8. The van der Waals surface area contributed by atoms with Gasteiger partial charge in [0.25, 0.3) is 0 Å². The molecule has 7 heteroatoms. The van der Waals surface area contributed by atoms with Gasteiger partial charge in [-0.15, -0.1) is 11.8 Å². The van der Waals surface area contributed by atoms with Crippen LogP contribution >= 0.6 is 11.8 Å². The summed E-state index contributed by atoms with van der Waals surface area (Å²) >= 11 is 1.54.